The van der Waals surface area contributed by atoms with Gasteiger partial charge in [-0.2, -0.15) is 12.7 Å². The van der Waals surface area contributed by atoms with Gasteiger partial charge in [0.25, 0.3) is 0 Å². The number of nitrogens with zero attached hydrogens (tertiary/aromatic N) is 1. The van der Waals surface area contributed by atoms with Gasteiger partial charge in [-0.05, 0) is 25.0 Å². The average molecular weight is 284 g/mol. The fourth-order valence-corrected chi connectivity index (χ4v) is 3.08. The minimum absolute atomic E-state index is 0.133. The number of para-hydroxylation sites is 1. The van der Waals surface area contributed by atoms with Crippen molar-refractivity contribution < 1.29 is 22.5 Å². The Balaban J connectivity index is 2.00. The van der Waals surface area contributed by atoms with Crippen LogP contribution in [-0.4, -0.2) is 31.8 Å². The smallest absolute Gasteiger partial charge is 0.385 e. The van der Waals surface area contributed by atoms with Crippen LogP contribution in [0.1, 0.15) is 12.8 Å². The zero-order valence-electron chi connectivity index (χ0n) is 10.2. The van der Waals surface area contributed by atoms with Crippen molar-refractivity contribution in [3.63, 3.8) is 0 Å². The molecule has 6 nitrogen and oxygen atoms in total. The van der Waals surface area contributed by atoms with E-state index in [0.717, 1.165) is 4.31 Å². The van der Waals surface area contributed by atoms with Crippen molar-refractivity contribution >= 4 is 16.3 Å². The van der Waals surface area contributed by atoms with Crippen LogP contribution in [0.3, 0.4) is 0 Å². The Labute approximate surface area is 111 Å². The van der Waals surface area contributed by atoms with E-state index in [1.165, 1.54) is 0 Å². The molecule has 0 aliphatic carbocycles. The van der Waals surface area contributed by atoms with E-state index in [-0.39, 0.29) is 31.7 Å². The van der Waals surface area contributed by atoms with Gasteiger partial charge in [-0.15, -0.1) is 0 Å². The summed E-state index contributed by atoms with van der Waals surface area (Å²) in [4.78, 5) is 10.7. The van der Waals surface area contributed by atoms with E-state index in [2.05, 4.69) is 0 Å². The van der Waals surface area contributed by atoms with Gasteiger partial charge in [-0.25, -0.2) is 0 Å². The number of carboxylic acids is 1. The van der Waals surface area contributed by atoms with Gasteiger partial charge < -0.3 is 14.1 Å². The number of hydrogen-bond donors (Lipinski definition) is 0. The monoisotopic (exact) mass is 284 g/mol. The zero-order chi connectivity index (χ0) is 13.9. The SMILES string of the molecule is O=C([O-])C1CCN(S(=O)(=O)Oc2ccccc2)CC1. The molecule has 19 heavy (non-hydrogen) atoms. The number of aliphatic carboxylic acids is 1. The molecule has 1 aliphatic rings. The van der Waals surface area contributed by atoms with Gasteiger partial charge >= 0.3 is 10.3 Å². The van der Waals surface area contributed by atoms with Crippen LogP contribution in [0.4, 0.5) is 0 Å². The van der Waals surface area contributed by atoms with Crippen LogP contribution in [0.5, 0.6) is 5.75 Å². The minimum Gasteiger partial charge on any atom is -0.550 e. The Morgan fingerprint density at radius 1 is 1.21 bits per heavy atom. The van der Waals surface area contributed by atoms with Gasteiger partial charge in [0.1, 0.15) is 5.75 Å². The van der Waals surface area contributed by atoms with Crippen LogP contribution in [0.15, 0.2) is 30.3 Å². The maximum atomic E-state index is 12.0. The number of piperidine rings is 1. The van der Waals surface area contributed by atoms with Gasteiger partial charge in [0.15, 0.2) is 0 Å². The van der Waals surface area contributed by atoms with Crippen LogP contribution in [0.25, 0.3) is 0 Å². The minimum atomic E-state index is -3.87. The predicted molar refractivity (Wildman–Crippen MR) is 65.3 cm³/mol. The first-order valence-corrected chi connectivity index (χ1v) is 7.31. The number of hydrogen-bond acceptors (Lipinski definition) is 5. The quantitative estimate of drug-likeness (QED) is 0.762. The van der Waals surface area contributed by atoms with Crippen molar-refractivity contribution in [1.29, 1.82) is 0 Å². The zero-order valence-corrected chi connectivity index (χ0v) is 11.0. The lowest BCUT2D eigenvalue weighted by molar-refractivity contribution is -0.312. The fraction of sp³-hybridized carbons (Fsp3) is 0.417. The first kappa shape index (κ1) is 13.8. The molecule has 1 fully saturated rings. The maximum Gasteiger partial charge on any atom is 0.385 e. The Hall–Kier alpha value is -1.60. The van der Waals surface area contributed by atoms with Crippen LogP contribution in [0, 0.1) is 5.92 Å². The third-order valence-electron chi connectivity index (χ3n) is 3.05. The summed E-state index contributed by atoms with van der Waals surface area (Å²) in [6, 6.07) is 8.20. The Morgan fingerprint density at radius 2 is 1.79 bits per heavy atom. The maximum absolute atomic E-state index is 12.0. The molecule has 0 aromatic heterocycles. The molecule has 2 rings (SSSR count). The van der Waals surface area contributed by atoms with Gasteiger partial charge in [0.2, 0.25) is 0 Å². The summed E-state index contributed by atoms with van der Waals surface area (Å²) >= 11 is 0. The Bertz CT molecular complexity index is 534. The molecule has 1 saturated heterocycles. The number of carbonyl (C=O) groups excluding carboxylic acids is 1. The standard InChI is InChI=1S/C12H15NO5S/c14-12(15)10-6-8-13(9-7-10)19(16,17)18-11-4-2-1-3-5-11/h1-5,10H,6-9H2,(H,14,15)/p-1. The molecule has 1 aromatic rings. The number of carboxylic acid groups (broad SMARTS) is 1. The normalized spacial score (nSPS) is 18.1. The predicted octanol–water partition coefficient (Wildman–Crippen LogP) is -0.228. The highest BCUT2D eigenvalue weighted by Gasteiger charge is 2.29. The van der Waals surface area contributed by atoms with Gasteiger partial charge in [0, 0.05) is 25.0 Å². The largest absolute Gasteiger partial charge is 0.550 e. The second-order valence-electron chi connectivity index (χ2n) is 4.35. The fourth-order valence-electron chi connectivity index (χ4n) is 1.97. The molecule has 0 radical (unpaired) electrons. The van der Waals surface area contributed by atoms with Crippen LogP contribution in [-0.2, 0) is 15.1 Å². The van der Waals surface area contributed by atoms with E-state index in [1.54, 1.807) is 30.3 Å². The third-order valence-corrected chi connectivity index (χ3v) is 4.45. The van der Waals surface area contributed by atoms with Gasteiger partial charge in [-0.3, -0.25) is 0 Å². The average Bonchev–Trinajstić information content (AvgIpc) is 2.39. The van der Waals surface area contributed by atoms with Crippen LogP contribution >= 0.6 is 0 Å². The van der Waals surface area contributed by atoms with E-state index in [4.69, 9.17) is 4.18 Å². The topological polar surface area (TPSA) is 86.7 Å². The summed E-state index contributed by atoms with van der Waals surface area (Å²) in [6.45, 7) is 0.266. The van der Waals surface area contributed by atoms with E-state index in [0.29, 0.717) is 0 Å². The lowest BCUT2D eigenvalue weighted by atomic mass is 9.99. The molecule has 0 spiro atoms. The van der Waals surface area contributed by atoms with Crippen molar-refractivity contribution in [3.05, 3.63) is 30.3 Å². The second-order valence-corrected chi connectivity index (χ2v) is 5.88. The highest BCUT2D eigenvalue weighted by atomic mass is 32.2. The Morgan fingerprint density at radius 3 is 2.32 bits per heavy atom. The number of carbonyl (C=O) groups is 1. The van der Waals surface area contributed by atoms with Crippen LogP contribution < -0.4 is 9.29 Å². The molecule has 1 heterocycles. The molecule has 104 valence electrons. The molecule has 1 aliphatic heterocycles. The first-order chi connectivity index (χ1) is 8.99. The van der Waals surface area contributed by atoms with Crippen molar-refractivity contribution in [2.75, 3.05) is 13.1 Å². The lowest BCUT2D eigenvalue weighted by Gasteiger charge is -2.30. The van der Waals surface area contributed by atoms with Gasteiger partial charge in [-0.1, -0.05) is 18.2 Å². The van der Waals surface area contributed by atoms with E-state index in [9.17, 15) is 18.3 Å². The summed E-state index contributed by atoms with van der Waals surface area (Å²) in [6.07, 6.45) is 0.499. The summed E-state index contributed by atoms with van der Waals surface area (Å²) in [5.74, 6) is -1.46. The van der Waals surface area contributed by atoms with Crippen LogP contribution in [0.2, 0.25) is 0 Å². The molecule has 1 aromatic carbocycles. The summed E-state index contributed by atoms with van der Waals surface area (Å²) in [5, 5.41) is 10.7. The van der Waals surface area contributed by atoms with Crippen molar-refractivity contribution in [1.82, 2.24) is 4.31 Å². The molecule has 0 atom stereocenters. The number of rotatable bonds is 4. The molecule has 0 amide bonds. The van der Waals surface area contributed by atoms with E-state index >= 15 is 0 Å². The Kier molecular flexibility index (Phi) is 4.06. The second kappa shape index (κ2) is 5.58. The third kappa shape index (κ3) is 3.45. The molecule has 7 heteroatoms. The highest BCUT2D eigenvalue weighted by molar-refractivity contribution is 7.84. The molecular formula is C12H14NO5S-. The molecule has 0 saturated carbocycles. The molecule has 0 bridgehead atoms. The van der Waals surface area contributed by atoms with Crippen molar-refractivity contribution in [2.45, 2.75) is 12.8 Å². The summed E-state index contributed by atoms with van der Waals surface area (Å²) < 4.78 is 30.1. The first-order valence-electron chi connectivity index (χ1n) is 5.94. The summed E-state index contributed by atoms with van der Waals surface area (Å²) in [5.41, 5.74) is 0. The molecular weight excluding hydrogens is 270 g/mol. The molecule has 0 unspecified atom stereocenters. The molecule has 0 N–H and O–H groups in total. The highest BCUT2D eigenvalue weighted by Crippen LogP contribution is 2.21. The van der Waals surface area contributed by atoms with Gasteiger partial charge in [0.05, 0.1) is 0 Å². The van der Waals surface area contributed by atoms with Crippen molar-refractivity contribution in [3.8, 4) is 5.75 Å². The number of benzene rings is 1. The van der Waals surface area contributed by atoms with Crippen molar-refractivity contribution in [2.24, 2.45) is 5.92 Å². The summed E-state index contributed by atoms with van der Waals surface area (Å²) in [7, 11) is -3.87. The van der Waals surface area contributed by atoms with E-state index in [1.807, 2.05) is 0 Å². The lowest BCUT2D eigenvalue weighted by Crippen LogP contribution is -2.44. The van der Waals surface area contributed by atoms with E-state index < -0.39 is 22.2 Å².